The van der Waals surface area contributed by atoms with Gasteiger partial charge in [0.05, 0.1) is 32.8 Å². The molecule has 0 bridgehead atoms. The highest BCUT2D eigenvalue weighted by Gasteiger charge is 2.39. The second kappa shape index (κ2) is 9.49. The second-order valence-electron chi connectivity index (χ2n) is 7.96. The van der Waals surface area contributed by atoms with Crippen LogP contribution in [0.4, 0.5) is 0 Å². The number of rotatable bonds is 6. The van der Waals surface area contributed by atoms with Crippen molar-refractivity contribution in [3.8, 4) is 11.5 Å². The molecule has 0 spiro atoms. The lowest BCUT2D eigenvalue weighted by molar-refractivity contribution is -0.140. The van der Waals surface area contributed by atoms with E-state index in [4.69, 9.17) is 14.2 Å². The van der Waals surface area contributed by atoms with Crippen molar-refractivity contribution in [3.05, 3.63) is 59.7 Å². The molecule has 2 heterocycles. The summed E-state index contributed by atoms with van der Waals surface area (Å²) in [4.78, 5) is 17.7. The molecule has 0 radical (unpaired) electrons. The number of carbonyl (C=O) groups is 1. The molecule has 2 aromatic carbocycles. The smallest absolute Gasteiger partial charge is 0.229 e. The van der Waals surface area contributed by atoms with Crippen molar-refractivity contribution < 1.29 is 19.0 Å². The first-order valence-corrected chi connectivity index (χ1v) is 10.6. The van der Waals surface area contributed by atoms with E-state index in [0.29, 0.717) is 26.2 Å². The number of amides is 1. The largest absolute Gasteiger partial charge is 0.497 e. The SMILES string of the molecule is COc1ccc(OC)c(CN2CCC3OCCN(Cc4ccccc4)C(=O)C3C2)c1. The molecule has 6 nitrogen and oxygen atoms in total. The van der Waals surface area contributed by atoms with E-state index in [9.17, 15) is 4.79 Å². The number of nitrogens with zero attached hydrogens (tertiary/aromatic N) is 2. The summed E-state index contributed by atoms with van der Waals surface area (Å²) in [7, 11) is 3.35. The lowest BCUT2D eigenvalue weighted by Crippen LogP contribution is -2.49. The number of benzene rings is 2. The molecular formula is C24H30N2O4. The summed E-state index contributed by atoms with van der Waals surface area (Å²) >= 11 is 0. The highest BCUT2D eigenvalue weighted by molar-refractivity contribution is 5.80. The zero-order valence-electron chi connectivity index (χ0n) is 17.8. The number of methoxy groups -OCH3 is 2. The normalized spacial score (nSPS) is 22.3. The van der Waals surface area contributed by atoms with Gasteiger partial charge in [-0.3, -0.25) is 9.69 Å². The number of likely N-dealkylation sites (tertiary alicyclic amines) is 1. The molecule has 2 unspecified atom stereocenters. The number of carbonyl (C=O) groups excluding carboxylic acids is 1. The van der Waals surface area contributed by atoms with Gasteiger partial charge in [-0.2, -0.15) is 0 Å². The van der Waals surface area contributed by atoms with Gasteiger partial charge in [0.15, 0.2) is 0 Å². The molecule has 2 saturated heterocycles. The number of hydrogen-bond acceptors (Lipinski definition) is 5. The molecule has 2 aromatic rings. The molecular weight excluding hydrogens is 380 g/mol. The van der Waals surface area contributed by atoms with Crippen LogP contribution in [0.25, 0.3) is 0 Å². The third-order valence-corrected chi connectivity index (χ3v) is 6.05. The highest BCUT2D eigenvalue weighted by atomic mass is 16.5. The van der Waals surface area contributed by atoms with Crippen molar-refractivity contribution in [2.45, 2.75) is 25.6 Å². The van der Waals surface area contributed by atoms with E-state index in [1.807, 2.05) is 41.3 Å². The molecule has 160 valence electrons. The summed E-state index contributed by atoms with van der Waals surface area (Å²) in [5, 5.41) is 0. The van der Waals surface area contributed by atoms with E-state index in [-0.39, 0.29) is 17.9 Å². The van der Waals surface area contributed by atoms with Gasteiger partial charge in [0.1, 0.15) is 11.5 Å². The maximum Gasteiger partial charge on any atom is 0.229 e. The maximum atomic E-state index is 13.4. The number of piperidine rings is 1. The predicted molar refractivity (Wildman–Crippen MR) is 115 cm³/mol. The van der Waals surface area contributed by atoms with Crippen molar-refractivity contribution in [1.82, 2.24) is 9.80 Å². The van der Waals surface area contributed by atoms with E-state index < -0.39 is 0 Å². The molecule has 6 heteroatoms. The first kappa shape index (κ1) is 20.7. The second-order valence-corrected chi connectivity index (χ2v) is 7.96. The molecule has 30 heavy (non-hydrogen) atoms. The summed E-state index contributed by atoms with van der Waals surface area (Å²) < 4.78 is 17.0. The van der Waals surface area contributed by atoms with Crippen LogP contribution in [0.5, 0.6) is 11.5 Å². The Kier molecular flexibility index (Phi) is 6.55. The molecule has 4 rings (SSSR count). The Morgan fingerprint density at radius 3 is 2.63 bits per heavy atom. The summed E-state index contributed by atoms with van der Waals surface area (Å²) in [6.07, 6.45) is 0.865. The van der Waals surface area contributed by atoms with Gasteiger partial charge in [0, 0.05) is 38.3 Å². The predicted octanol–water partition coefficient (Wildman–Crippen LogP) is 2.95. The molecule has 2 aliphatic heterocycles. The zero-order valence-corrected chi connectivity index (χ0v) is 17.8. The van der Waals surface area contributed by atoms with Gasteiger partial charge in [-0.05, 0) is 30.2 Å². The average Bonchev–Trinajstić information content (AvgIpc) is 2.93. The van der Waals surface area contributed by atoms with E-state index in [2.05, 4.69) is 17.0 Å². The Hall–Kier alpha value is -2.57. The quantitative estimate of drug-likeness (QED) is 0.733. The van der Waals surface area contributed by atoms with Gasteiger partial charge in [-0.25, -0.2) is 0 Å². The van der Waals surface area contributed by atoms with Crippen LogP contribution in [-0.2, 0) is 22.6 Å². The minimum absolute atomic E-state index is 0.00160. The summed E-state index contributed by atoms with van der Waals surface area (Å²) in [5.41, 5.74) is 2.22. The molecule has 0 aromatic heterocycles. The molecule has 0 aliphatic carbocycles. The first-order chi connectivity index (χ1) is 14.7. The monoisotopic (exact) mass is 410 g/mol. The Balaban J connectivity index is 1.47. The minimum atomic E-state index is -0.137. The van der Waals surface area contributed by atoms with Gasteiger partial charge in [-0.15, -0.1) is 0 Å². The summed E-state index contributed by atoms with van der Waals surface area (Å²) in [6.45, 7) is 4.18. The molecule has 0 saturated carbocycles. The summed E-state index contributed by atoms with van der Waals surface area (Å²) in [6, 6.07) is 16.0. The minimum Gasteiger partial charge on any atom is -0.497 e. The number of hydrogen-bond donors (Lipinski definition) is 0. The summed E-state index contributed by atoms with van der Waals surface area (Å²) in [5.74, 6) is 1.71. The van der Waals surface area contributed by atoms with Gasteiger partial charge in [0.25, 0.3) is 0 Å². The van der Waals surface area contributed by atoms with Crippen LogP contribution in [0.1, 0.15) is 17.5 Å². The van der Waals surface area contributed by atoms with Crippen molar-refractivity contribution >= 4 is 5.91 Å². The Labute approximate surface area is 178 Å². The van der Waals surface area contributed by atoms with E-state index in [1.54, 1.807) is 14.2 Å². The van der Waals surface area contributed by atoms with Crippen LogP contribution in [0, 0.1) is 5.92 Å². The first-order valence-electron chi connectivity index (χ1n) is 10.6. The Bertz CT molecular complexity index is 858. The molecule has 0 N–H and O–H groups in total. The van der Waals surface area contributed by atoms with Crippen molar-refractivity contribution in [1.29, 1.82) is 0 Å². The van der Waals surface area contributed by atoms with E-state index >= 15 is 0 Å². The standard InChI is InChI=1S/C24H30N2O4/c1-28-20-8-9-22(29-2)19(14-20)16-25-11-10-23-21(17-25)24(27)26(12-13-30-23)15-18-6-4-3-5-7-18/h3-9,14,21,23H,10-13,15-17H2,1-2H3. The van der Waals surface area contributed by atoms with Crippen LogP contribution in [0.2, 0.25) is 0 Å². The fraction of sp³-hybridized carbons (Fsp3) is 0.458. The molecule has 2 atom stereocenters. The fourth-order valence-corrected chi connectivity index (χ4v) is 4.44. The third kappa shape index (κ3) is 4.60. The lowest BCUT2D eigenvalue weighted by Gasteiger charge is -2.37. The van der Waals surface area contributed by atoms with Gasteiger partial charge in [0.2, 0.25) is 5.91 Å². The number of fused-ring (bicyclic) bond motifs is 1. The van der Waals surface area contributed by atoms with Gasteiger partial charge < -0.3 is 19.1 Å². The van der Waals surface area contributed by atoms with E-state index in [0.717, 1.165) is 42.1 Å². The van der Waals surface area contributed by atoms with Crippen LogP contribution in [0.15, 0.2) is 48.5 Å². The van der Waals surface area contributed by atoms with Crippen LogP contribution in [0.3, 0.4) is 0 Å². The molecule has 2 aliphatic rings. The van der Waals surface area contributed by atoms with Crippen molar-refractivity contribution in [2.24, 2.45) is 5.92 Å². The third-order valence-electron chi connectivity index (χ3n) is 6.05. The fourth-order valence-electron chi connectivity index (χ4n) is 4.44. The van der Waals surface area contributed by atoms with Crippen LogP contribution in [-0.4, -0.2) is 62.3 Å². The van der Waals surface area contributed by atoms with Crippen molar-refractivity contribution in [3.63, 3.8) is 0 Å². The average molecular weight is 411 g/mol. The van der Waals surface area contributed by atoms with Crippen LogP contribution >= 0.6 is 0 Å². The van der Waals surface area contributed by atoms with Crippen molar-refractivity contribution in [2.75, 3.05) is 40.5 Å². The van der Waals surface area contributed by atoms with Gasteiger partial charge in [-0.1, -0.05) is 30.3 Å². The van der Waals surface area contributed by atoms with Gasteiger partial charge >= 0.3 is 0 Å². The highest BCUT2D eigenvalue weighted by Crippen LogP contribution is 2.30. The zero-order chi connectivity index (χ0) is 20.9. The van der Waals surface area contributed by atoms with E-state index in [1.165, 1.54) is 0 Å². The maximum absolute atomic E-state index is 13.4. The topological polar surface area (TPSA) is 51.2 Å². The van der Waals surface area contributed by atoms with Crippen LogP contribution < -0.4 is 9.47 Å². The molecule has 2 fully saturated rings. The Morgan fingerprint density at radius 2 is 1.87 bits per heavy atom. The lowest BCUT2D eigenvalue weighted by atomic mass is 9.92. The molecule has 1 amide bonds. The number of ether oxygens (including phenoxy) is 3. The Morgan fingerprint density at radius 1 is 1.03 bits per heavy atom.